The second kappa shape index (κ2) is 8.72. The first-order valence-corrected chi connectivity index (χ1v) is 6.17. The van der Waals surface area contributed by atoms with Crippen molar-refractivity contribution in [3.8, 4) is 0 Å². The van der Waals surface area contributed by atoms with Crippen LogP contribution in [0, 0.1) is 0 Å². The lowest BCUT2D eigenvalue weighted by atomic mass is 10.3. The predicted molar refractivity (Wildman–Crippen MR) is 72.5 cm³/mol. The lowest BCUT2D eigenvalue weighted by Crippen LogP contribution is -2.40. The number of carbonyl (C=O) groups excluding carboxylic acids is 1. The molecule has 0 heterocycles. The van der Waals surface area contributed by atoms with Crippen LogP contribution in [-0.2, 0) is 23.7 Å². The van der Waals surface area contributed by atoms with Crippen molar-refractivity contribution in [2.24, 2.45) is 0 Å². The van der Waals surface area contributed by atoms with Gasteiger partial charge in [0.2, 0.25) is 0 Å². The van der Waals surface area contributed by atoms with E-state index in [-0.39, 0.29) is 25.9 Å². The molecule has 0 aromatic heterocycles. The van der Waals surface area contributed by atoms with Crippen molar-refractivity contribution < 1.29 is 23.7 Å². The molecule has 0 rings (SSSR count). The number of carbonyl (C=O) groups is 1. The van der Waals surface area contributed by atoms with E-state index in [1.54, 1.807) is 13.8 Å². The van der Waals surface area contributed by atoms with E-state index >= 15 is 0 Å². The highest BCUT2D eigenvalue weighted by atomic mass is 16.7. The van der Waals surface area contributed by atoms with Crippen LogP contribution in [0.15, 0.2) is 25.0 Å². The van der Waals surface area contributed by atoms with Gasteiger partial charge in [0.15, 0.2) is 5.79 Å². The standard InChI is InChI=1S/C14H24O5/c1-7-16-10-14(6,19-12(4)5)18-9-8-17-13(15)11(2)3/h7,12H,1-2,8-10H2,3-6H3. The van der Waals surface area contributed by atoms with Crippen LogP contribution >= 0.6 is 0 Å². The Morgan fingerprint density at radius 3 is 2.47 bits per heavy atom. The third-order valence-corrected chi connectivity index (χ3v) is 2.02. The number of ether oxygens (including phenoxy) is 4. The van der Waals surface area contributed by atoms with Crippen molar-refractivity contribution >= 4 is 5.97 Å². The maximum absolute atomic E-state index is 11.2. The maximum Gasteiger partial charge on any atom is 0.333 e. The molecule has 0 amide bonds. The van der Waals surface area contributed by atoms with Gasteiger partial charge < -0.3 is 18.9 Å². The van der Waals surface area contributed by atoms with Crippen LogP contribution in [0.4, 0.5) is 0 Å². The van der Waals surface area contributed by atoms with Gasteiger partial charge in [-0.3, -0.25) is 0 Å². The Balaban J connectivity index is 4.15. The van der Waals surface area contributed by atoms with Gasteiger partial charge >= 0.3 is 5.97 Å². The van der Waals surface area contributed by atoms with Crippen LogP contribution < -0.4 is 0 Å². The van der Waals surface area contributed by atoms with E-state index in [2.05, 4.69) is 13.2 Å². The van der Waals surface area contributed by atoms with E-state index in [0.717, 1.165) is 0 Å². The molecule has 0 N–H and O–H groups in total. The smallest absolute Gasteiger partial charge is 0.333 e. The average Bonchev–Trinajstić information content (AvgIpc) is 2.31. The van der Waals surface area contributed by atoms with Gasteiger partial charge in [0, 0.05) is 5.57 Å². The fraction of sp³-hybridized carbons (Fsp3) is 0.643. The molecule has 0 bridgehead atoms. The molecule has 1 atom stereocenters. The largest absolute Gasteiger partial charge is 0.496 e. The Labute approximate surface area is 115 Å². The van der Waals surface area contributed by atoms with Gasteiger partial charge in [0.25, 0.3) is 0 Å². The summed E-state index contributed by atoms with van der Waals surface area (Å²) in [6.45, 7) is 14.7. The average molecular weight is 272 g/mol. The van der Waals surface area contributed by atoms with Crippen molar-refractivity contribution in [1.29, 1.82) is 0 Å². The summed E-state index contributed by atoms with van der Waals surface area (Å²) in [7, 11) is 0. The van der Waals surface area contributed by atoms with Crippen LogP contribution in [-0.4, -0.2) is 37.7 Å². The monoisotopic (exact) mass is 272 g/mol. The summed E-state index contributed by atoms with van der Waals surface area (Å²) in [4.78, 5) is 11.2. The van der Waals surface area contributed by atoms with E-state index in [1.807, 2.05) is 13.8 Å². The number of hydrogen-bond acceptors (Lipinski definition) is 5. The molecule has 5 heteroatoms. The van der Waals surface area contributed by atoms with Gasteiger partial charge in [-0.15, -0.1) is 0 Å². The fourth-order valence-corrected chi connectivity index (χ4v) is 1.33. The third kappa shape index (κ3) is 8.40. The van der Waals surface area contributed by atoms with E-state index in [0.29, 0.717) is 5.57 Å². The van der Waals surface area contributed by atoms with Crippen LogP contribution in [0.1, 0.15) is 27.7 Å². The minimum atomic E-state index is -0.905. The van der Waals surface area contributed by atoms with Gasteiger partial charge in [-0.05, 0) is 27.7 Å². The molecule has 110 valence electrons. The van der Waals surface area contributed by atoms with Crippen molar-refractivity contribution in [3.63, 3.8) is 0 Å². The minimum absolute atomic E-state index is 0.0172. The molecule has 0 aromatic carbocycles. The molecule has 0 aliphatic heterocycles. The Bertz CT molecular complexity index is 311. The predicted octanol–water partition coefficient (Wildman–Crippen LogP) is 2.42. The molecule has 0 saturated carbocycles. The van der Waals surface area contributed by atoms with Crippen molar-refractivity contribution in [2.45, 2.75) is 39.6 Å². The van der Waals surface area contributed by atoms with Gasteiger partial charge in [-0.25, -0.2) is 4.79 Å². The molecular formula is C14H24O5. The van der Waals surface area contributed by atoms with Crippen molar-refractivity contribution in [1.82, 2.24) is 0 Å². The zero-order chi connectivity index (χ0) is 14.9. The molecular weight excluding hydrogens is 248 g/mol. The first kappa shape index (κ1) is 17.7. The Morgan fingerprint density at radius 1 is 1.37 bits per heavy atom. The topological polar surface area (TPSA) is 54.0 Å². The quantitative estimate of drug-likeness (QED) is 0.201. The summed E-state index contributed by atoms with van der Waals surface area (Å²) in [6.07, 6.45) is 1.31. The first-order valence-electron chi connectivity index (χ1n) is 6.17. The summed E-state index contributed by atoms with van der Waals surface area (Å²) >= 11 is 0. The highest BCUT2D eigenvalue weighted by Gasteiger charge is 2.28. The lowest BCUT2D eigenvalue weighted by molar-refractivity contribution is -0.262. The second-order valence-electron chi connectivity index (χ2n) is 4.54. The Kier molecular flexibility index (Phi) is 8.11. The Hall–Kier alpha value is -1.33. The van der Waals surface area contributed by atoms with Crippen molar-refractivity contribution in [3.05, 3.63) is 25.0 Å². The molecule has 5 nitrogen and oxygen atoms in total. The number of esters is 1. The summed E-state index contributed by atoms with van der Waals surface area (Å²) in [5, 5.41) is 0. The van der Waals surface area contributed by atoms with E-state index in [4.69, 9.17) is 18.9 Å². The van der Waals surface area contributed by atoms with E-state index in [1.165, 1.54) is 6.26 Å². The maximum atomic E-state index is 11.2. The van der Waals surface area contributed by atoms with Gasteiger partial charge in [-0.1, -0.05) is 13.2 Å². The zero-order valence-corrected chi connectivity index (χ0v) is 12.2. The molecule has 0 fully saturated rings. The first-order chi connectivity index (χ1) is 8.80. The molecule has 19 heavy (non-hydrogen) atoms. The minimum Gasteiger partial charge on any atom is -0.496 e. The molecule has 1 unspecified atom stereocenters. The molecule has 0 radical (unpaired) electrons. The number of hydrogen-bond donors (Lipinski definition) is 0. The highest BCUT2D eigenvalue weighted by molar-refractivity contribution is 5.86. The highest BCUT2D eigenvalue weighted by Crippen LogP contribution is 2.16. The summed E-state index contributed by atoms with van der Waals surface area (Å²) in [5.74, 6) is -1.34. The fourth-order valence-electron chi connectivity index (χ4n) is 1.33. The van der Waals surface area contributed by atoms with Gasteiger partial charge in [0.05, 0.1) is 19.0 Å². The van der Waals surface area contributed by atoms with Crippen LogP contribution in [0.5, 0.6) is 0 Å². The summed E-state index contributed by atoms with van der Waals surface area (Å²) in [5.41, 5.74) is 0.358. The normalized spacial score (nSPS) is 13.7. The van der Waals surface area contributed by atoms with Crippen LogP contribution in [0.25, 0.3) is 0 Å². The zero-order valence-electron chi connectivity index (χ0n) is 12.2. The molecule has 0 spiro atoms. The van der Waals surface area contributed by atoms with Crippen LogP contribution in [0.3, 0.4) is 0 Å². The van der Waals surface area contributed by atoms with E-state index < -0.39 is 11.8 Å². The van der Waals surface area contributed by atoms with Gasteiger partial charge in [-0.2, -0.15) is 0 Å². The van der Waals surface area contributed by atoms with E-state index in [9.17, 15) is 4.79 Å². The summed E-state index contributed by atoms with van der Waals surface area (Å²) in [6, 6.07) is 0. The Morgan fingerprint density at radius 2 is 2.00 bits per heavy atom. The molecule has 0 aliphatic carbocycles. The number of rotatable bonds is 10. The molecule has 0 aromatic rings. The molecule has 0 saturated heterocycles. The lowest BCUT2D eigenvalue weighted by Gasteiger charge is -2.31. The summed E-state index contributed by atoms with van der Waals surface area (Å²) < 4.78 is 21.2. The van der Waals surface area contributed by atoms with Crippen LogP contribution in [0.2, 0.25) is 0 Å². The third-order valence-electron chi connectivity index (χ3n) is 2.02. The molecule has 0 aliphatic rings. The van der Waals surface area contributed by atoms with Crippen molar-refractivity contribution in [2.75, 3.05) is 19.8 Å². The second-order valence-corrected chi connectivity index (χ2v) is 4.54. The van der Waals surface area contributed by atoms with Gasteiger partial charge in [0.1, 0.15) is 13.2 Å². The SMILES string of the molecule is C=COCC(C)(OCCOC(=O)C(=C)C)OC(C)C.